The molecule has 2 aromatic carbocycles. The van der Waals surface area contributed by atoms with Crippen LogP contribution in [0.15, 0.2) is 54.9 Å². The topological polar surface area (TPSA) is 91.3 Å². The second kappa shape index (κ2) is 10.0. The third kappa shape index (κ3) is 4.36. The molecule has 1 atom stereocenters. The maximum absolute atomic E-state index is 13.8. The van der Waals surface area contributed by atoms with Crippen LogP contribution in [-0.2, 0) is 6.42 Å². The second-order valence-electron chi connectivity index (χ2n) is 7.94. The van der Waals surface area contributed by atoms with Crippen molar-refractivity contribution in [2.24, 2.45) is 0 Å². The number of carbonyl (C=O) groups excluding carboxylic acids is 1. The van der Waals surface area contributed by atoms with E-state index in [4.69, 9.17) is 4.74 Å². The van der Waals surface area contributed by atoms with E-state index in [1.54, 1.807) is 49.8 Å². The van der Waals surface area contributed by atoms with E-state index in [1.165, 1.54) is 17.0 Å². The summed E-state index contributed by atoms with van der Waals surface area (Å²) in [6, 6.07) is 10.7. The Morgan fingerprint density at radius 2 is 2.03 bits per heavy atom. The summed E-state index contributed by atoms with van der Waals surface area (Å²) in [5.74, 6) is -0.158. The maximum Gasteiger partial charge on any atom is 0.254 e. The minimum Gasteiger partial charge on any atom is -0.493 e. The molecule has 0 fully saturated rings. The zero-order chi connectivity index (χ0) is 24.2. The first-order chi connectivity index (χ1) is 16.5. The van der Waals surface area contributed by atoms with Gasteiger partial charge in [0.2, 0.25) is 0 Å². The summed E-state index contributed by atoms with van der Waals surface area (Å²) in [5.41, 5.74) is 4.08. The van der Waals surface area contributed by atoms with Crippen LogP contribution in [0.3, 0.4) is 0 Å². The van der Waals surface area contributed by atoms with Crippen LogP contribution in [-0.4, -0.2) is 51.4 Å². The van der Waals surface area contributed by atoms with Gasteiger partial charge in [-0.2, -0.15) is 5.10 Å². The zero-order valence-electron chi connectivity index (χ0n) is 19.4. The number of aryl methyl sites for hydroxylation is 1. The molecule has 2 aromatic heterocycles. The first-order valence-electron chi connectivity index (χ1n) is 11.2. The van der Waals surface area contributed by atoms with E-state index >= 15 is 0 Å². The van der Waals surface area contributed by atoms with E-state index in [1.807, 2.05) is 13.8 Å². The fourth-order valence-corrected chi connectivity index (χ4v) is 4.14. The van der Waals surface area contributed by atoms with Gasteiger partial charge in [-0.1, -0.05) is 19.1 Å². The smallest absolute Gasteiger partial charge is 0.254 e. The third-order valence-electron chi connectivity index (χ3n) is 5.92. The number of aromatic amines is 1. The highest BCUT2D eigenvalue weighted by Crippen LogP contribution is 2.33. The van der Waals surface area contributed by atoms with E-state index in [2.05, 4.69) is 15.2 Å². The Bertz CT molecular complexity index is 1320. The van der Waals surface area contributed by atoms with Crippen molar-refractivity contribution >= 4 is 16.8 Å². The molecule has 176 valence electrons. The Morgan fingerprint density at radius 1 is 1.21 bits per heavy atom. The molecule has 0 saturated heterocycles. The molecule has 2 N–H and O–H groups in total. The van der Waals surface area contributed by atoms with Gasteiger partial charge in [0.05, 0.1) is 36.7 Å². The number of carbonyl (C=O) groups is 1. The van der Waals surface area contributed by atoms with Gasteiger partial charge in [-0.15, -0.1) is 0 Å². The summed E-state index contributed by atoms with van der Waals surface area (Å²) in [4.78, 5) is 19.4. The fourth-order valence-electron chi connectivity index (χ4n) is 4.14. The molecule has 0 saturated carbocycles. The number of aliphatic hydroxyl groups is 1. The van der Waals surface area contributed by atoms with Gasteiger partial charge in [0.25, 0.3) is 5.91 Å². The number of pyridine rings is 1. The summed E-state index contributed by atoms with van der Waals surface area (Å²) < 4.78 is 19.6. The Kier molecular flexibility index (Phi) is 6.88. The molecule has 0 aliphatic heterocycles. The molecule has 1 amide bonds. The van der Waals surface area contributed by atoms with Gasteiger partial charge in [0.1, 0.15) is 11.6 Å². The lowest BCUT2D eigenvalue weighted by atomic mass is 10.0. The van der Waals surface area contributed by atoms with Gasteiger partial charge in [-0.3, -0.25) is 14.9 Å². The van der Waals surface area contributed by atoms with Crippen LogP contribution < -0.4 is 4.74 Å². The van der Waals surface area contributed by atoms with E-state index in [0.717, 1.165) is 23.0 Å². The molecule has 4 aromatic rings. The van der Waals surface area contributed by atoms with Gasteiger partial charge in [-0.25, -0.2) is 4.39 Å². The summed E-state index contributed by atoms with van der Waals surface area (Å²) in [5, 5.41) is 18.2. The molecule has 4 rings (SSSR count). The lowest BCUT2D eigenvalue weighted by Gasteiger charge is -2.27. The minimum absolute atomic E-state index is 0.288. The molecule has 0 spiro atoms. The Hall–Kier alpha value is -3.78. The van der Waals surface area contributed by atoms with Crippen LogP contribution in [0.5, 0.6) is 5.75 Å². The number of nitrogens with zero attached hydrogens (tertiary/aromatic N) is 3. The molecule has 0 bridgehead atoms. The Labute approximate surface area is 197 Å². The van der Waals surface area contributed by atoms with Crippen LogP contribution in [0, 0.1) is 5.82 Å². The Morgan fingerprint density at radius 3 is 2.74 bits per heavy atom. The normalized spacial score (nSPS) is 12.0. The van der Waals surface area contributed by atoms with Gasteiger partial charge >= 0.3 is 0 Å². The molecular weight excluding hydrogens is 435 g/mol. The van der Waals surface area contributed by atoms with Crippen LogP contribution in [0.4, 0.5) is 4.39 Å². The van der Waals surface area contributed by atoms with Gasteiger partial charge in [0, 0.05) is 35.3 Å². The predicted octanol–water partition coefficient (Wildman–Crippen LogP) is 4.53. The number of aliphatic hydroxyl groups excluding tert-OH is 1. The van der Waals surface area contributed by atoms with Crippen molar-refractivity contribution < 1.29 is 19.0 Å². The van der Waals surface area contributed by atoms with Crippen LogP contribution in [0.25, 0.3) is 22.0 Å². The summed E-state index contributed by atoms with van der Waals surface area (Å²) in [6.45, 7) is 3.96. The number of H-pyrrole nitrogens is 1. The molecule has 2 heterocycles. The third-order valence-corrected chi connectivity index (χ3v) is 5.92. The molecule has 0 aliphatic carbocycles. The predicted molar refractivity (Wildman–Crippen MR) is 128 cm³/mol. The number of amides is 1. The van der Waals surface area contributed by atoms with Crippen molar-refractivity contribution in [3.05, 3.63) is 77.5 Å². The molecule has 0 unspecified atom stereocenters. The molecule has 7 nitrogen and oxygen atoms in total. The summed E-state index contributed by atoms with van der Waals surface area (Å²) in [7, 11) is 1.64. The lowest BCUT2D eigenvalue weighted by Crippen LogP contribution is -2.33. The largest absolute Gasteiger partial charge is 0.493 e. The van der Waals surface area contributed by atoms with Crippen LogP contribution >= 0.6 is 0 Å². The maximum atomic E-state index is 13.8. The van der Waals surface area contributed by atoms with Gasteiger partial charge < -0.3 is 14.7 Å². The highest BCUT2D eigenvalue weighted by Gasteiger charge is 2.26. The highest BCUT2D eigenvalue weighted by molar-refractivity contribution is 5.96. The number of hydrogen-bond acceptors (Lipinski definition) is 5. The first kappa shape index (κ1) is 23.4. The van der Waals surface area contributed by atoms with Crippen LogP contribution in [0.2, 0.25) is 0 Å². The quantitative estimate of drug-likeness (QED) is 0.401. The molecule has 34 heavy (non-hydrogen) atoms. The standard InChI is InChI=1S/C26H27FN4O3/c1-4-22-20-14-29-30-25(20)21(13-28-22)23(15-32)31(3)26(33)17-9-10-19(24(12-17)34-5-2)16-7-6-8-18(27)11-16/h6-14,23,32H,4-5,15H2,1-3H3,(H,29,30)/t23-/m1/s1. The lowest BCUT2D eigenvalue weighted by molar-refractivity contribution is 0.0659. The summed E-state index contributed by atoms with van der Waals surface area (Å²) >= 11 is 0. The average Bonchev–Trinajstić information content (AvgIpc) is 3.34. The number of rotatable bonds is 8. The number of likely N-dealkylation sites (N-methyl/N-ethyl adjacent to an activating group) is 1. The summed E-state index contributed by atoms with van der Waals surface area (Å²) in [6.07, 6.45) is 4.13. The van der Waals surface area contributed by atoms with Crippen molar-refractivity contribution in [2.45, 2.75) is 26.3 Å². The number of fused-ring (bicyclic) bond motifs is 1. The Balaban J connectivity index is 1.69. The van der Waals surface area contributed by atoms with Crippen molar-refractivity contribution in [3.8, 4) is 16.9 Å². The fraction of sp³-hybridized carbons (Fsp3) is 0.269. The highest BCUT2D eigenvalue weighted by atomic mass is 19.1. The van der Waals surface area contributed by atoms with Crippen molar-refractivity contribution in [1.29, 1.82) is 0 Å². The second-order valence-corrected chi connectivity index (χ2v) is 7.94. The zero-order valence-corrected chi connectivity index (χ0v) is 19.4. The number of nitrogens with one attached hydrogen (secondary N) is 1. The number of hydrogen-bond donors (Lipinski definition) is 2. The van der Waals surface area contributed by atoms with Crippen molar-refractivity contribution in [3.63, 3.8) is 0 Å². The first-order valence-corrected chi connectivity index (χ1v) is 11.2. The number of ether oxygens (including phenoxy) is 1. The van der Waals surface area contributed by atoms with E-state index in [-0.39, 0.29) is 18.3 Å². The van der Waals surface area contributed by atoms with Gasteiger partial charge in [0.15, 0.2) is 0 Å². The monoisotopic (exact) mass is 462 g/mol. The SMILES string of the molecule is CCOc1cc(C(=O)N(C)[C@H](CO)c2cnc(CC)c3cn[nH]c23)ccc1-c1cccc(F)c1. The van der Waals surface area contributed by atoms with Crippen molar-refractivity contribution in [2.75, 3.05) is 20.3 Å². The molecule has 0 radical (unpaired) electrons. The van der Waals surface area contributed by atoms with Gasteiger partial charge in [-0.05, 0) is 49.2 Å². The average molecular weight is 463 g/mol. The number of benzene rings is 2. The van der Waals surface area contributed by atoms with Crippen molar-refractivity contribution in [1.82, 2.24) is 20.1 Å². The molecular formula is C26H27FN4O3. The van der Waals surface area contributed by atoms with E-state index < -0.39 is 6.04 Å². The number of halogens is 1. The number of aromatic nitrogens is 3. The molecule has 8 heteroatoms. The molecule has 0 aliphatic rings. The minimum atomic E-state index is -0.632. The van der Waals surface area contributed by atoms with Crippen LogP contribution in [0.1, 0.15) is 41.5 Å². The van der Waals surface area contributed by atoms with E-state index in [0.29, 0.717) is 34.6 Å². The van der Waals surface area contributed by atoms with E-state index in [9.17, 15) is 14.3 Å².